The van der Waals surface area contributed by atoms with E-state index >= 15 is 0 Å². The molecule has 2 aliphatic heterocycles. The van der Waals surface area contributed by atoms with Gasteiger partial charge in [0, 0.05) is 35.8 Å². The Morgan fingerprint density at radius 2 is 2.12 bits per heavy atom. The average Bonchev–Trinajstić information content (AvgIpc) is 2.71. The van der Waals surface area contributed by atoms with Crippen molar-refractivity contribution in [3.8, 4) is 0 Å². The van der Waals surface area contributed by atoms with Gasteiger partial charge in [0.25, 0.3) is 0 Å². The first-order chi connectivity index (χ1) is 11.6. The number of halogens is 2. The van der Waals surface area contributed by atoms with Gasteiger partial charge in [-0.15, -0.1) is 0 Å². The van der Waals surface area contributed by atoms with Gasteiger partial charge in [-0.3, -0.25) is 4.98 Å². The predicted octanol–water partition coefficient (Wildman–Crippen LogP) is 3.34. The monoisotopic (exact) mass is 366 g/mol. The summed E-state index contributed by atoms with van der Waals surface area (Å²) in [5.41, 5.74) is 0.600. The van der Waals surface area contributed by atoms with Crippen molar-refractivity contribution in [3.05, 3.63) is 52.8 Å². The van der Waals surface area contributed by atoms with Crippen LogP contribution in [0.4, 0.5) is 0 Å². The number of fused-ring (bicyclic) bond motifs is 2. The summed E-state index contributed by atoms with van der Waals surface area (Å²) in [6, 6.07) is 3.87. The zero-order valence-electron chi connectivity index (χ0n) is 13.2. The average molecular weight is 367 g/mol. The number of aliphatic hydroxyl groups is 1. The Morgan fingerprint density at radius 1 is 1.33 bits per heavy atom. The van der Waals surface area contributed by atoms with E-state index in [1.165, 1.54) is 0 Å². The van der Waals surface area contributed by atoms with Gasteiger partial charge in [0.05, 0.1) is 18.4 Å². The fourth-order valence-corrected chi connectivity index (χ4v) is 4.58. The summed E-state index contributed by atoms with van der Waals surface area (Å²) in [6.07, 6.45) is 8.85. The predicted molar refractivity (Wildman–Crippen MR) is 93.4 cm³/mol. The minimum absolute atomic E-state index is 0.0743. The molecule has 0 saturated carbocycles. The molecule has 1 fully saturated rings. The Bertz CT molecular complexity index is 685. The lowest BCUT2D eigenvalue weighted by Gasteiger charge is -2.45. The first-order valence-corrected chi connectivity index (χ1v) is 9.05. The van der Waals surface area contributed by atoms with E-state index in [9.17, 15) is 5.11 Å². The molecular weight excluding hydrogens is 347 g/mol. The first kappa shape index (κ1) is 16.6. The SMILES string of the molecule is OC1(C2CCN(Cl)CC2)c2ncccc2COC2C=C(Cl)C=CC21. The van der Waals surface area contributed by atoms with E-state index in [0.29, 0.717) is 11.6 Å². The second-order valence-corrected chi connectivity index (χ2v) is 7.65. The Balaban J connectivity index is 1.81. The Kier molecular flexibility index (Phi) is 4.43. The van der Waals surface area contributed by atoms with E-state index in [1.807, 2.05) is 30.4 Å². The first-order valence-electron chi connectivity index (χ1n) is 8.33. The summed E-state index contributed by atoms with van der Waals surface area (Å²) in [4.78, 5) is 4.57. The summed E-state index contributed by atoms with van der Waals surface area (Å²) in [5, 5.41) is 12.6. The lowest BCUT2D eigenvalue weighted by Crippen LogP contribution is -2.49. The molecule has 3 aliphatic rings. The molecule has 1 aromatic heterocycles. The second-order valence-electron chi connectivity index (χ2n) is 6.73. The van der Waals surface area contributed by atoms with Crippen molar-refractivity contribution in [1.82, 2.24) is 9.40 Å². The van der Waals surface area contributed by atoms with Crippen molar-refractivity contribution in [1.29, 1.82) is 0 Å². The highest BCUT2D eigenvalue weighted by Crippen LogP contribution is 2.48. The highest BCUT2D eigenvalue weighted by molar-refractivity contribution is 6.31. The van der Waals surface area contributed by atoms with E-state index in [2.05, 4.69) is 4.98 Å². The van der Waals surface area contributed by atoms with Crippen LogP contribution in [-0.4, -0.2) is 33.7 Å². The van der Waals surface area contributed by atoms with Crippen LogP contribution in [-0.2, 0) is 16.9 Å². The van der Waals surface area contributed by atoms with Gasteiger partial charge in [0.2, 0.25) is 0 Å². The smallest absolute Gasteiger partial charge is 0.119 e. The zero-order chi connectivity index (χ0) is 16.7. The third kappa shape index (κ3) is 2.71. The van der Waals surface area contributed by atoms with E-state index in [-0.39, 0.29) is 17.9 Å². The van der Waals surface area contributed by atoms with Crippen molar-refractivity contribution in [2.24, 2.45) is 11.8 Å². The quantitative estimate of drug-likeness (QED) is 0.774. The Labute approximate surface area is 151 Å². The number of aromatic nitrogens is 1. The van der Waals surface area contributed by atoms with Crippen molar-refractivity contribution >= 4 is 23.4 Å². The van der Waals surface area contributed by atoms with Gasteiger partial charge in [-0.25, -0.2) is 4.42 Å². The molecule has 6 heteroatoms. The van der Waals surface area contributed by atoms with E-state index < -0.39 is 5.60 Å². The molecule has 3 atom stereocenters. The maximum atomic E-state index is 12.0. The number of hydrogen-bond acceptors (Lipinski definition) is 4. The van der Waals surface area contributed by atoms with Crippen molar-refractivity contribution in [3.63, 3.8) is 0 Å². The van der Waals surface area contributed by atoms with Crippen molar-refractivity contribution in [2.45, 2.75) is 31.2 Å². The highest BCUT2D eigenvalue weighted by atomic mass is 35.5. The fourth-order valence-electron chi connectivity index (χ4n) is 4.18. The van der Waals surface area contributed by atoms with Crippen molar-refractivity contribution < 1.29 is 9.84 Å². The normalized spacial score (nSPS) is 34.2. The highest BCUT2D eigenvalue weighted by Gasteiger charge is 2.52. The molecule has 4 rings (SSSR count). The molecule has 4 nitrogen and oxygen atoms in total. The number of ether oxygens (including phenoxy) is 1. The maximum Gasteiger partial charge on any atom is 0.119 e. The van der Waals surface area contributed by atoms with Crippen LogP contribution in [0.3, 0.4) is 0 Å². The summed E-state index contributed by atoms with van der Waals surface area (Å²) >= 11 is 12.3. The van der Waals surface area contributed by atoms with Gasteiger partial charge in [-0.2, -0.15) is 0 Å². The van der Waals surface area contributed by atoms with Crippen LogP contribution in [0.2, 0.25) is 0 Å². The number of rotatable bonds is 1. The molecule has 0 bridgehead atoms. The number of pyridine rings is 1. The van der Waals surface area contributed by atoms with Gasteiger partial charge < -0.3 is 9.84 Å². The molecule has 0 amide bonds. The Morgan fingerprint density at radius 3 is 2.92 bits per heavy atom. The number of allylic oxidation sites excluding steroid dienone is 2. The number of piperidine rings is 1. The summed E-state index contributed by atoms with van der Waals surface area (Å²) < 4.78 is 7.85. The lowest BCUT2D eigenvalue weighted by molar-refractivity contribution is -0.108. The molecule has 1 N–H and O–H groups in total. The number of nitrogens with zero attached hydrogens (tertiary/aromatic N) is 2. The molecule has 0 spiro atoms. The van der Waals surface area contributed by atoms with Gasteiger partial charge in [0.1, 0.15) is 5.60 Å². The van der Waals surface area contributed by atoms with Crippen molar-refractivity contribution in [2.75, 3.05) is 13.1 Å². The maximum absolute atomic E-state index is 12.0. The minimum Gasteiger partial charge on any atom is -0.383 e. The van der Waals surface area contributed by atoms with E-state index in [1.54, 1.807) is 10.6 Å². The molecule has 0 aromatic carbocycles. The molecule has 3 heterocycles. The van der Waals surface area contributed by atoms with Crippen LogP contribution in [0, 0.1) is 11.8 Å². The van der Waals surface area contributed by atoms with Crippen LogP contribution in [0.1, 0.15) is 24.1 Å². The molecule has 1 aromatic rings. The molecule has 3 unspecified atom stereocenters. The van der Waals surface area contributed by atoms with Crippen LogP contribution >= 0.6 is 23.4 Å². The third-order valence-electron chi connectivity index (χ3n) is 5.41. The molecule has 0 radical (unpaired) electrons. The van der Waals surface area contributed by atoms with E-state index in [4.69, 9.17) is 28.1 Å². The largest absolute Gasteiger partial charge is 0.383 e. The molecule has 1 saturated heterocycles. The van der Waals surface area contributed by atoms with Crippen LogP contribution in [0.25, 0.3) is 0 Å². The summed E-state index contributed by atoms with van der Waals surface area (Å²) in [5.74, 6) is -0.131. The minimum atomic E-state index is -1.08. The third-order valence-corrected chi connectivity index (χ3v) is 6.00. The van der Waals surface area contributed by atoms with Crippen LogP contribution < -0.4 is 0 Å². The van der Waals surface area contributed by atoms with Gasteiger partial charge in [-0.05, 0) is 48.8 Å². The molecule has 24 heavy (non-hydrogen) atoms. The van der Waals surface area contributed by atoms with Gasteiger partial charge in [0.15, 0.2) is 0 Å². The van der Waals surface area contributed by atoms with Crippen LogP contribution in [0.15, 0.2) is 41.6 Å². The Hall–Kier alpha value is -0.910. The number of hydrogen-bond donors (Lipinski definition) is 1. The fraction of sp³-hybridized carbons (Fsp3) is 0.500. The topological polar surface area (TPSA) is 45.6 Å². The second kappa shape index (κ2) is 6.43. The lowest BCUT2D eigenvalue weighted by atomic mass is 9.67. The standard InChI is InChI=1S/C18H20Cl2N2O2/c19-14-3-4-15-16(10-14)24-11-12-2-1-7-21-17(12)18(15,23)13-5-8-22(20)9-6-13/h1-4,7,10,13,15-16,23H,5-6,8-9,11H2. The summed E-state index contributed by atoms with van der Waals surface area (Å²) in [6.45, 7) is 1.94. The molecule has 1 aliphatic carbocycles. The van der Waals surface area contributed by atoms with Gasteiger partial charge in [-0.1, -0.05) is 23.7 Å². The van der Waals surface area contributed by atoms with E-state index in [0.717, 1.165) is 37.2 Å². The summed E-state index contributed by atoms with van der Waals surface area (Å²) in [7, 11) is 0. The van der Waals surface area contributed by atoms with Gasteiger partial charge >= 0.3 is 0 Å². The zero-order valence-corrected chi connectivity index (χ0v) is 14.7. The van der Waals surface area contributed by atoms with Crippen LogP contribution in [0.5, 0.6) is 0 Å². The molecular formula is C18H20Cl2N2O2. The molecule has 128 valence electrons.